The second-order valence-corrected chi connectivity index (χ2v) is 8.52. The standard InChI is InChI=1S/C18H20N2O2S3/c1-19(17(23)15-9-5-3-6-10-15)13-25(21,22)14-20(2)18(24)16-11-7-4-8-12-16/h3-12H,13-14H2,1-2H3. The zero-order valence-corrected chi connectivity index (χ0v) is 16.6. The minimum atomic E-state index is -3.41. The van der Waals surface area contributed by atoms with Crippen LogP contribution < -0.4 is 0 Å². The summed E-state index contributed by atoms with van der Waals surface area (Å²) < 4.78 is 25.0. The highest BCUT2D eigenvalue weighted by Gasteiger charge is 2.20. The number of rotatable bonds is 6. The molecule has 25 heavy (non-hydrogen) atoms. The molecule has 0 aliphatic heterocycles. The monoisotopic (exact) mass is 392 g/mol. The summed E-state index contributed by atoms with van der Waals surface area (Å²) in [6.07, 6.45) is 0. The van der Waals surface area contributed by atoms with Crippen LogP contribution in [0.1, 0.15) is 11.1 Å². The lowest BCUT2D eigenvalue weighted by atomic mass is 10.2. The van der Waals surface area contributed by atoms with E-state index in [9.17, 15) is 8.42 Å². The van der Waals surface area contributed by atoms with Gasteiger partial charge in [-0.3, -0.25) is 0 Å². The molecule has 0 unspecified atom stereocenters. The summed E-state index contributed by atoms with van der Waals surface area (Å²) in [6, 6.07) is 18.7. The van der Waals surface area contributed by atoms with Crippen molar-refractivity contribution in [3.05, 3.63) is 71.8 Å². The van der Waals surface area contributed by atoms with Crippen molar-refractivity contribution in [1.29, 1.82) is 0 Å². The minimum Gasteiger partial charge on any atom is -0.351 e. The Bertz CT molecular complexity index is 772. The number of benzene rings is 2. The maximum absolute atomic E-state index is 12.5. The second kappa shape index (κ2) is 8.51. The molecular formula is C18H20N2O2S3. The van der Waals surface area contributed by atoms with E-state index in [0.29, 0.717) is 9.98 Å². The van der Waals surface area contributed by atoms with Gasteiger partial charge in [-0.1, -0.05) is 85.1 Å². The Morgan fingerprint density at radius 1 is 0.760 bits per heavy atom. The molecule has 0 N–H and O–H groups in total. The van der Waals surface area contributed by atoms with Crippen LogP contribution in [0, 0.1) is 0 Å². The summed E-state index contributed by atoms with van der Waals surface area (Å²) in [7, 11) is -0.0434. The maximum Gasteiger partial charge on any atom is 0.186 e. The van der Waals surface area contributed by atoms with E-state index in [-0.39, 0.29) is 11.8 Å². The molecule has 0 saturated carbocycles. The van der Waals surface area contributed by atoms with E-state index in [1.54, 1.807) is 23.9 Å². The third kappa shape index (κ3) is 5.59. The van der Waals surface area contributed by atoms with Crippen molar-refractivity contribution in [3.63, 3.8) is 0 Å². The molecule has 0 spiro atoms. The lowest BCUT2D eigenvalue weighted by Crippen LogP contribution is -2.38. The third-order valence-electron chi connectivity index (χ3n) is 3.52. The topological polar surface area (TPSA) is 40.6 Å². The van der Waals surface area contributed by atoms with Gasteiger partial charge < -0.3 is 9.80 Å². The van der Waals surface area contributed by atoms with Crippen LogP contribution in [0.3, 0.4) is 0 Å². The zero-order chi connectivity index (χ0) is 18.4. The molecule has 0 amide bonds. The number of sulfone groups is 1. The van der Waals surface area contributed by atoms with Gasteiger partial charge in [0.25, 0.3) is 0 Å². The molecular weight excluding hydrogens is 372 g/mol. The highest BCUT2D eigenvalue weighted by atomic mass is 32.2. The van der Waals surface area contributed by atoms with Crippen molar-refractivity contribution in [3.8, 4) is 0 Å². The van der Waals surface area contributed by atoms with Gasteiger partial charge in [-0.15, -0.1) is 0 Å². The first kappa shape index (κ1) is 19.5. The molecule has 4 nitrogen and oxygen atoms in total. The molecule has 0 fully saturated rings. The van der Waals surface area contributed by atoms with Crippen LogP contribution in [-0.2, 0) is 9.84 Å². The van der Waals surface area contributed by atoms with E-state index in [1.165, 1.54) is 0 Å². The van der Waals surface area contributed by atoms with Gasteiger partial charge in [0, 0.05) is 25.2 Å². The van der Waals surface area contributed by atoms with Crippen molar-refractivity contribution in [2.75, 3.05) is 25.8 Å². The normalized spacial score (nSPS) is 11.0. The van der Waals surface area contributed by atoms with Gasteiger partial charge in [0.15, 0.2) is 9.84 Å². The molecule has 2 rings (SSSR count). The second-order valence-electron chi connectivity index (χ2n) is 5.74. The Labute approximate surface area is 160 Å². The Morgan fingerprint density at radius 2 is 1.08 bits per heavy atom. The highest BCUT2D eigenvalue weighted by molar-refractivity contribution is 7.91. The molecule has 0 heterocycles. The largest absolute Gasteiger partial charge is 0.351 e. The summed E-state index contributed by atoms with van der Waals surface area (Å²) >= 11 is 10.8. The summed E-state index contributed by atoms with van der Waals surface area (Å²) in [5.41, 5.74) is 1.65. The van der Waals surface area contributed by atoms with Crippen LogP contribution in [0.15, 0.2) is 60.7 Å². The van der Waals surface area contributed by atoms with Gasteiger partial charge >= 0.3 is 0 Å². The van der Waals surface area contributed by atoms with Crippen LogP contribution in [0.5, 0.6) is 0 Å². The minimum absolute atomic E-state index is 0.164. The van der Waals surface area contributed by atoms with Crippen molar-refractivity contribution in [1.82, 2.24) is 9.80 Å². The van der Waals surface area contributed by atoms with Crippen molar-refractivity contribution in [2.24, 2.45) is 0 Å². The summed E-state index contributed by atoms with van der Waals surface area (Å²) in [5, 5.41) is 0. The van der Waals surface area contributed by atoms with Crippen molar-refractivity contribution in [2.45, 2.75) is 0 Å². The fourth-order valence-corrected chi connectivity index (χ4v) is 4.44. The molecule has 0 atom stereocenters. The lowest BCUT2D eigenvalue weighted by Gasteiger charge is -2.24. The van der Waals surface area contributed by atoms with E-state index >= 15 is 0 Å². The van der Waals surface area contributed by atoms with Gasteiger partial charge in [0.2, 0.25) is 0 Å². The lowest BCUT2D eigenvalue weighted by molar-refractivity contribution is 0.515. The smallest absolute Gasteiger partial charge is 0.186 e. The molecule has 0 aromatic heterocycles. The van der Waals surface area contributed by atoms with Crippen LogP contribution in [-0.4, -0.2) is 54.0 Å². The quantitative estimate of drug-likeness (QED) is 0.704. The molecule has 7 heteroatoms. The summed E-state index contributed by atoms with van der Waals surface area (Å²) in [6.45, 7) is 0. The Morgan fingerprint density at radius 3 is 1.40 bits per heavy atom. The molecule has 132 valence electrons. The number of thiocarbonyl (C=S) groups is 2. The molecule has 0 aliphatic rings. The Balaban J connectivity index is 2.01. The van der Waals surface area contributed by atoms with Crippen LogP contribution in [0.25, 0.3) is 0 Å². The third-order valence-corrected chi connectivity index (χ3v) is 6.17. The average molecular weight is 393 g/mol. The van der Waals surface area contributed by atoms with Gasteiger partial charge in [0.1, 0.15) is 21.7 Å². The van der Waals surface area contributed by atoms with E-state index in [4.69, 9.17) is 24.4 Å². The predicted octanol–water partition coefficient (Wildman–Crippen LogP) is 2.93. The average Bonchev–Trinajstić information content (AvgIpc) is 2.61. The molecule has 0 bridgehead atoms. The first-order valence-corrected chi connectivity index (χ1v) is 10.3. The highest BCUT2D eigenvalue weighted by Crippen LogP contribution is 2.09. The SMILES string of the molecule is CN(CS(=O)(=O)CN(C)C(=S)c1ccccc1)C(=S)c1ccccc1. The van der Waals surface area contributed by atoms with E-state index in [2.05, 4.69) is 0 Å². The summed E-state index contributed by atoms with van der Waals surface area (Å²) in [4.78, 5) is 4.13. The zero-order valence-electron chi connectivity index (χ0n) is 14.1. The molecule has 0 saturated heterocycles. The molecule has 0 aliphatic carbocycles. The summed E-state index contributed by atoms with van der Waals surface area (Å²) in [5.74, 6) is -0.328. The first-order chi connectivity index (χ1) is 11.8. The predicted molar refractivity (Wildman–Crippen MR) is 110 cm³/mol. The molecule has 0 radical (unpaired) electrons. The fourth-order valence-electron chi connectivity index (χ4n) is 2.35. The van der Waals surface area contributed by atoms with E-state index < -0.39 is 9.84 Å². The van der Waals surface area contributed by atoms with Crippen LogP contribution in [0.2, 0.25) is 0 Å². The van der Waals surface area contributed by atoms with E-state index in [0.717, 1.165) is 11.1 Å². The van der Waals surface area contributed by atoms with Gasteiger partial charge in [0.05, 0.1) is 0 Å². The molecule has 2 aromatic rings. The maximum atomic E-state index is 12.5. The molecule has 2 aromatic carbocycles. The van der Waals surface area contributed by atoms with Gasteiger partial charge in [-0.05, 0) is 0 Å². The van der Waals surface area contributed by atoms with Crippen LogP contribution >= 0.6 is 24.4 Å². The Kier molecular flexibility index (Phi) is 6.64. The first-order valence-electron chi connectivity index (χ1n) is 7.61. The number of nitrogens with zero attached hydrogens (tertiary/aromatic N) is 2. The fraction of sp³-hybridized carbons (Fsp3) is 0.222. The number of hydrogen-bond acceptors (Lipinski definition) is 4. The Hall–Kier alpha value is -1.83. The van der Waals surface area contributed by atoms with E-state index in [1.807, 2.05) is 60.7 Å². The van der Waals surface area contributed by atoms with Gasteiger partial charge in [-0.25, -0.2) is 8.42 Å². The van der Waals surface area contributed by atoms with Crippen molar-refractivity contribution < 1.29 is 8.42 Å². The number of hydrogen-bond donors (Lipinski definition) is 0. The van der Waals surface area contributed by atoms with Gasteiger partial charge in [-0.2, -0.15) is 0 Å². The van der Waals surface area contributed by atoms with Crippen LogP contribution in [0.4, 0.5) is 0 Å². The van der Waals surface area contributed by atoms with Crippen molar-refractivity contribution >= 4 is 44.3 Å².